The van der Waals surface area contributed by atoms with Gasteiger partial charge in [0.05, 0.1) is 18.0 Å². The lowest BCUT2D eigenvalue weighted by Gasteiger charge is -2.34. The van der Waals surface area contributed by atoms with Gasteiger partial charge < -0.3 is 19.9 Å². The molecule has 0 radical (unpaired) electrons. The maximum absolute atomic E-state index is 13.8. The van der Waals surface area contributed by atoms with Crippen LogP contribution in [0.15, 0.2) is 35.6 Å². The Morgan fingerprint density at radius 3 is 2.75 bits per heavy atom. The standard InChI is InChI=1S/C24H32N8O4/c1-24(2,3)20(32-14-17(27-28-32)15-4-5-15)23(36)30-13-16(33)12-19(30)21(34)25-8-9-29-10-11-31-18(22(29)35)6-7-26-31/h6-7,10-11,14-16,19-20,33H,4-5,8-9,12-13H2,1-3H3,(H,25,34)/t16?,19?,20-/m1/s1. The number of aliphatic hydroxyl groups excluding tert-OH is 1. The molecule has 1 aliphatic carbocycles. The van der Waals surface area contributed by atoms with Crippen LogP contribution in [0.1, 0.15) is 57.7 Å². The number of hydrogen-bond acceptors (Lipinski definition) is 7. The van der Waals surface area contributed by atoms with Crippen molar-refractivity contribution in [2.45, 2.75) is 70.7 Å². The third-order valence-corrected chi connectivity index (χ3v) is 6.90. The maximum atomic E-state index is 13.8. The Balaban J connectivity index is 1.28. The monoisotopic (exact) mass is 496 g/mol. The average molecular weight is 497 g/mol. The highest BCUT2D eigenvalue weighted by Gasteiger charge is 2.45. The number of nitrogens with one attached hydrogen (secondary N) is 1. The van der Waals surface area contributed by atoms with Gasteiger partial charge in [-0.2, -0.15) is 5.10 Å². The highest BCUT2D eigenvalue weighted by molar-refractivity contribution is 5.90. The molecule has 1 saturated carbocycles. The largest absolute Gasteiger partial charge is 0.391 e. The molecule has 4 heterocycles. The first-order valence-corrected chi connectivity index (χ1v) is 12.3. The van der Waals surface area contributed by atoms with Crippen LogP contribution >= 0.6 is 0 Å². The molecule has 2 amide bonds. The first-order chi connectivity index (χ1) is 17.1. The summed E-state index contributed by atoms with van der Waals surface area (Å²) in [5.74, 6) is -0.221. The highest BCUT2D eigenvalue weighted by Crippen LogP contribution is 2.40. The number of fused-ring (bicyclic) bond motifs is 1. The van der Waals surface area contributed by atoms with Crippen molar-refractivity contribution in [2.75, 3.05) is 13.1 Å². The van der Waals surface area contributed by atoms with E-state index in [-0.39, 0.29) is 43.4 Å². The summed E-state index contributed by atoms with van der Waals surface area (Å²) < 4.78 is 4.60. The van der Waals surface area contributed by atoms with Gasteiger partial charge in [-0.3, -0.25) is 14.4 Å². The van der Waals surface area contributed by atoms with E-state index in [0.717, 1.165) is 18.5 Å². The van der Waals surface area contributed by atoms with Crippen LogP contribution in [-0.4, -0.2) is 76.2 Å². The Morgan fingerprint density at radius 1 is 1.25 bits per heavy atom. The fraction of sp³-hybridized carbons (Fsp3) is 0.583. The molecule has 0 spiro atoms. The van der Waals surface area contributed by atoms with E-state index in [4.69, 9.17) is 0 Å². The number of hydrogen-bond donors (Lipinski definition) is 2. The van der Waals surface area contributed by atoms with Crippen LogP contribution in [0.25, 0.3) is 5.52 Å². The molecule has 2 unspecified atom stereocenters. The molecular formula is C24H32N8O4. The first-order valence-electron chi connectivity index (χ1n) is 12.3. The van der Waals surface area contributed by atoms with Crippen molar-refractivity contribution in [1.29, 1.82) is 0 Å². The zero-order chi connectivity index (χ0) is 25.6. The second-order valence-electron chi connectivity index (χ2n) is 10.8. The quantitative estimate of drug-likeness (QED) is 0.480. The zero-order valence-corrected chi connectivity index (χ0v) is 20.7. The predicted octanol–water partition coefficient (Wildman–Crippen LogP) is 0.330. The lowest BCUT2D eigenvalue weighted by atomic mass is 9.85. The predicted molar refractivity (Wildman–Crippen MR) is 129 cm³/mol. The van der Waals surface area contributed by atoms with Crippen molar-refractivity contribution >= 4 is 17.3 Å². The Morgan fingerprint density at radius 2 is 2.03 bits per heavy atom. The van der Waals surface area contributed by atoms with Crippen molar-refractivity contribution in [1.82, 2.24) is 39.4 Å². The van der Waals surface area contributed by atoms with Gasteiger partial charge >= 0.3 is 0 Å². The summed E-state index contributed by atoms with van der Waals surface area (Å²) >= 11 is 0. The van der Waals surface area contributed by atoms with E-state index in [1.54, 1.807) is 29.3 Å². The van der Waals surface area contributed by atoms with E-state index >= 15 is 0 Å². The van der Waals surface area contributed by atoms with Gasteiger partial charge in [-0.15, -0.1) is 5.10 Å². The molecule has 0 aromatic carbocycles. The van der Waals surface area contributed by atoms with Crippen LogP contribution in [0, 0.1) is 5.41 Å². The minimum Gasteiger partial charge on any atom is -0.391 e. The first kappa shape index (κ1) is 24.2. The van der Waals surface area contributed by atoms with Gasteiger partial charge in [0.15, 0.2) is 0 Å². The molecule has 12 heteroatoms. The van der Waals surface area contributed by atoms with Crippen molar-refractivity contribution in [3.63, 3.8) is 0 Å². The van der Waals surface area contributed by atoms with Crippen LogP contribution in [0.3, 0.4) is 0 Å². The Bertz CT molecular complexity index is 1330. The number of nitrogens with zero attached hydrogens (tertiary/aromatic N) is 7. The number of carbonyl (C=O) groups excluding carboxylic acids is 2. The topological polar surface area (TPSA) is 140 Å². The van der Waals surface area contributed by atoms with E-state index in [1.165, 1.54) is 14.0 Å². The lowest BCUT2D eigenvalue weighted by molar-refractivity contribution is -0.144. The van der Waals surface area contributed by atoms with Gasteiger partial charge in [0.25, 0.3) is 5.56 Å². The highest BCUT2D eigenvalue weighted by atomic mass is 16.3. The fourth-order valence-corrected chi connectivity index (χ4v) is 4.88. The van der Waals surface area contributed by atoms with Gasteiger partial charge in [0.1, 0.15) is 17.6 Å². The number of aliphatic hydroxyl groups is 1. The van der Waals surface area contributed by atoms with Crippen LogP contribution in [0.2, 0.25) is 0 Å². The van der Waals surface area contributed by atoms with Crippen molar-refractivity contribution in [3.05, 3.63) is 46.9 Å². The number of aromatic nitrogens is 6. The van der Waals surface area contributed by atoms with Crippen molar-refractivity contribution in [3.8, 4) is 0 Å². The van der Waals surface area contributed by atoms with Crippen LogP contribution < -0.4 is 10.9 Å². The van der Waals surface area contributed by atoms with E-state index in [0.29, 0.717) is 11.4 Å². The molecule has 2 aliphatic rings. The summed E-state index contributed by atoms with van der Waals surface area (Å²) in [7, 11) is 0. The molecule has 3 atom stereocenters. The van der Waals surface area contributed by atoms with E-state index < -0.39 is 23.6 Å². The molecule has 2 fully saturated rings. The third kappa shape index (κ3) is 4.64. The number of likely N-dealkylation sites (tertiary alicyclic amines) is 1. The Kier molecular flexibility index (Phi) is 6.15. The van der Waals surface area contributed by atoms with Gasteiger partial charge in [0.2, 0.25) is 11.8 Å². The van der Waals surface area contributed by atoms with E-state index in [1.807, 2.05) is 27.0 Å². The van der Waals surface area contributed by atoms with E-state index in [9.17, 15) is 19.5 Å². The van der Waals surface area contributed by atoms with Crippen LogP contribution in [0.4, 0.5) is 0 Å². The summed E-state index contributed by atoms with van der Waals surface area (Å²) in [5.41, 5.74) is 0.639. The lowest BCUT2D eigenvalue weighted by Crippen LogP contribution is -2.50. The summed E-state index contributed by atoms with van der Waals surface area (Å²) in [6, 6.07) is 0.159. The van der Waals surface area contributed by atoms with E-state index in [2.05, 4.69) is 20.7 Å². The van der Waals surface area contributed by atoms with Gasteiger partial charge in [-0.05, 0) is 24.3 Å². The number of amides is 2. The molecule has 0 bridgehead atoms. The van der Waals surface area contributed by atoms with Crippen molar-refractivity contribution < 1.29 is 14.7 Å². The normalized spacial score (nSPS) is 21.2. The van der Waals surface area contributed by atoms with Crippen LogP contribution in [-0.2, 0) is 16.1 Å². The maximum Gasteiger partial charge on any atom is 0.276 e. The van der Waals surface area contributed by atoms with Gasteiger partial charge in [-0.25, -0.2) is 9.20 Å². The molecule has 192 valence electrons. The summed E-state index contributed by atoms with van der Waals surface area (Å²) in [6.07, 6.45) is 8.20. The SMILES string of the molecule is CC(C)(C)[C@@H](C(=O)N1CC(O)CC1C(=O)NCCn1ccn2nccc2c1=O)n1cc(C2CC2)nn1. The summed E-state index contributed by atoms with van der Waals surface area (Å²) in [5, 5.41) is 25.8. The molecule has 3 aromatic heterocycles. The minimum absolute atomic E-state index is 0.0744. The second kappa shape index (κ2) is 9.16. The van der Waals surface area contributed by atoms with Crippen LogP contribution in [0.5, 0.6) is 0 Å². The Labute approximate surface area is 207 Å². The van der Waals surface area contributed by atoms with Crippen molar-refractivity contribution in [2.24, 2.45) is 5.41 Å². The molecule has 36 heavy (non-hydrogen) atoms. The number of carbonyl (C=O) groups is 2. The average Bonchev–Trinajstić information content (AvgIpc) is 3.19. The molecule has 12 nitrogen and oxygen atoms in total. The molecule has 2 N–H and O–H groups in total. The summed E-state index contributed by atoms with van der Waals surface area (Å²) in [4.78, 5) is 40.9. The fourth-order valence-electron chi connectivity index (χ4n) is 4.88. The third-order valence-electron chi connectivity index (χ3n) is 6.90. The van der Waals surface area contributed by atoms with Gasteiger partial charge in [0, 0.05) is 50.6 Å². The number of rotatable bonds is 7. The second-order valence-corrected chi connectivity index (χ2v) is 10.8. The summed E-state index contributed by atoms with van der Waals surface area (Å²) in [6.45, 7) is 6.39. The Hall–Kier alpha value is -3.54. The molecule has 5 rings (SSSR count). The smallest absolute Gasteiger partial charge is 0.276 e. The van der Waals surface area contributed by atoms with Gasteiger partial charge in [-0.1, -0.05) is 26.0 Å². The number of β-amino-alcohol motifs (C(OH)–C–C–N with tert-alkyl or cyclic N) is 1. The molecular weight excluding hydrogens is 464 g/mol. The molecule has 1 aliphatic heterocycles. The molecule has 3 aromatic rings. The minimum atomic E-state index is -0.808. The molecule has 1 saturated heterocycles. The zero-order valence-electron chi connectivity index (χ0n) is 20.7.